The van der Waals surface area contributed by atoms with Crippen molar-refractivity contribution in [2.45, 2.75) is 4.90 Å². The molecular formula is C8H11NO2S2. The summed E-state index contributed by atoms with van der Waals surface area (Å²) in [6.07, 6.45) is 0. The molecule has 1 rings (SSSR count). The number of hydrogen-bond donors (Lipinski definition) is 1. The third-order valence-corrected chi connectivity index (χ3v) is 4.38. The van der Waals surface area contributed by atoms with Gasteiger partial charge < -0.3 is 0 Å². The first-order valence-electron chi connectivity index (χ1n) is 3.73. The second kappa shape index (κ2) is 4.64. The SMILES string of the molecule is CNS(=O)(=O)CSc1ccccc1. The zero-order valence-electron chi connectivity index (χ0n) is 7.23. The van der Waals surface area contributed by atoms with Crippen molar-refractivity contribution in [2.75, 3.05) is 12.1 Å². The van der Waals surface area contributed by atoms with Gasteiger partial charge in [0.05, 0.1) is 0 Å². The molecular weight excluding hydrogens is 206 g/mol. The first kappa shape index (κ1) is 10.6. The van der Waals surface area contributed by atoms with Crippen LogP contribution in [0.3, 0.4) is 0 Å². The first-order valence-corrected chi connectivity index (χ1v) is 6.37. The maximum absolute atomic E-state index is 11.0. The van der Waals surface area contributed by atoms with Crippen LogP contribution < -0.4 is 4.72 Å². The quantitative estimate of drug-likeness (QED) is 0.773. The lowest BCUT2D eigenvalue weighted by molar-refractivity contribution is 0.593. The van der Waals surface area contributed by atoms with Gasteiger partial charge in [0, 0.05) is 4.90 Å². The predicted octanol–water partition coefficient (Wildman–Crippen LogP) is 1.29. The van der Waals surface area contributed by atoms with E-state index in [2.05, 4.69) is 4.72 Å². The summed E-state index contributed by atoms with van der Waals surface area (Å²) in [5.74, 6) is 0. The molecule has 0 saturated heterocycles. The van der Waals surface area contributed by atoms with E-state index in [0.29, 0.717) is 0 Å². The van der Waals surface area contributed by atoms with Gasteiger partial charge in [0.25, 0.3) is 0 Å². The molecule has 3 nitrogen and oxygen atoms in total. The minimum Gasteiger partial charge on any atom is -0.218 e. The van der Waals surface area contributed by atoms with Crippen molar-refractivity contribution in [3.63, 3.8) is 0 Å². The van der Waals surface area contributed by atoms with E-state index in [1.165, 1.54) is 18.8 Å². The number of rotatable bonds is 4. The van der Waals surface area contributed by atoms with Gasteiger partial charge in [0.1, 0.15) is 5.08 Å². The molecule has 0 atom stereocenters. The maximum Gasteiger partial charge on any atom is 0.221 e. The third-order valence-electron chi connectivity index (χ3n) is 1.43. The molecule has 0 unspecified atom stereocenters. The van der Waals surface area contributed by atoms with E-state index in [-0.39, 0.29) is 5.08 Å². The highest BCUT2D eigenvalue weighted by Gasteiger charge is 2.06. The smallest absolute Gasteiger partial charge is 0.218 e. The lowest BCUT2D eigenvalue weighted by atomic mass is 10.4. The van der Waals surface area contributed by atoms with E-state index < -0.39 is 10.0 Å². The Morgan fingerprint density at radius 3 is 2.46 bits per heavy atom. The Kier molecular flexibility index (Phi) is 3.77. The minimum atomic E-state index is -3.10. The molecule has 0 amide bonds. The summed E-state index contributed by atoms with van der Waals surface area (Å²) in [6, 6.07) is 9.44. The summed E-state index contributed by atoms with van der Waals surface area (Å²) in [6.45, 7) is 0. The Morgan fingerprint density at radius 2 is 1.92 bits per heavy atom. The van der Waals surface area contributed by atoms with Crippen molar-refractivity contribution in [3.05, 3.63) is 30.3 Å². The maximum atomic E-state index is 11.0. The molecule has 0 spiro atoms. The van der Waals surface area contributed by atoms with Crippen molar-refractivity contribution < 1.29 is 8.42 Å². The van der Waals surface area contributed by atoms with Crippen LogP contribution in [-0.2, 0) is 10.0 Å². The fraction of sp³-hybridized carbons (Fsp3) is 0.250. The van der Waals surface area contributed by atoms with Crippen molar-refractivity contribution in [1.29, 1.82) is 0 Å². The van der Waals surface area contributed by atoms with Crippen LogP contribution in [0.15, 0.2) is 35.2 Å². The fourth-order valence-electron chi connectivity index (χ4n) is 0.721. The van der Waals surface area contributed by atoms with Gasteiger partial charge in [-0.1, -0.05) is 18.2 Å². The van der Waals surface area contributed by atoms with Crippen LogP contribution in [0.25, 0.3) is 0 Å². The van der Waals surface area contributed by atoms with E-state index in [4.69, 9.17) is 0 Å². The molecule has 0 fully saturated rings. The largest absolute Gasteiger partial charge is 0.221 e. The lowest BCUT2D eigenvalue weighted by Crippen LogP contribution is -2.20. The van der Waals surface area contributed by atoms with Gasteiger partial charge >= 0.3 is 0 Å². The van der Waals surface area contributed by atoms with Crippen LogP contribution in [0.4, 0.5) is 0 Å². The van der Waals surface area contributed by atoms with Crippen LogP contribution in [-0.4, -0.2) is 20.6 Å². The summed E-state index contributed by atoms with van der Waals surface area (Å²) in [4.78, 5) is 0.960. The zero-order chi connectivity index (χ0) is 9.73. The number of benzene rings is 1. The Bertz CT molecular complexity index is 348. The van der Waals surface area contributed by atoms with E-state index in [1.807, 2.05) is 30.3 Å². The molecule has 0 heterocycles. The number of thioether (sulfide) groups is 1. The highest BCUT2D eigenvalue weighted by atomic mass is 32.3. The normalized spacial score (nSPS) is 11.5. The van der Waals surface area contributed by atoms with Gasteiger partial charge in [-0.25, -0.2) is 13.1 Å². The lowest BCUT2D eigenvalue weighted by Gasteiger charge is -2.01. The molecule has 0 radical (unpaired) electrons. The Hall–Kier alpha value is -0.520. The molecule has 1 aromatic rings. The average molecular weight is 217 g/mol. The molecule has 0 aliphatic heterocycles. The van der Waals surface area contributed by atoms with Gasteiger partial charge in [-0.3, -0.25) is 0 Å². The van der Waals surface area contributed by atoms with Gasteiger partial charge in [0.2, 0.25) is 10.0 Å². The van der Waals surface area contributed by atoms with Gasteiger partial charge in [-0.15, -0.1) is 11.8 Å². The second-order valence-electron chi connectivity index (χ2n) is 2.39. The van der Waals surface area contributed by atoms with Gasteiger partial charge in [-0.2, -0.15) is 0 Å². The Balaban J connectivity index is 2.54. The summed E-state index contributed by atoms with van der Waals surface area (Å²) in [5, 5.41) is 0.0630. The fourth-order valence-corrected chi connectivity index (χ4v) is 2.71. The molecule has 1 N–H and O–H groups in total. The van der Waals surface area contributed by atoms with E-state index in [0.717, 1.165) is 4.90 Å². The zero-order valence-corrected chi connectivity index (χ0v) is 8.86. The van der Waals surface area contributed by atoms with Gasteiger partial charge in [-0.05, 0) is 19.2 Å². The highest BCUT2D eigenvalue weighted by Crippen LogP contribution is 2.17. The van der Waals surface area contributed by atoms with Crippen LogP contribution in [0.2, 0.25) is 0 Å². The Labute approximate surface area is 82.6 Å². The summed E-state index contributed by atoms with van der Waals surface area (Å²) in [7, 11) is -1.69. The average Bonchev–Trinajstić information content (AvgIpc) is 2.17. The van der Waals surface area contributed by atoms with Crippen molar-refractivity contribution in [1.82, 2.24) is 4.72 Å². The molecule has 72 valence electrons. The Morgan fingerprint density at radius 1 is 1.31 bits per heavy atom. The number of nitrogens with one attached hydrogen (secondary N) is 1. The van der Waals surface area contributed by atoms with Crippen molar-refractivity contribution in [3.8, 4) is 0 Å². The topological polar surface area (TPSA) is 46.2 Å². The predicted molar refractivity (Wildman–Crippen MR) is 55.1 cm³/mol. The molecule has 0 saturated carbocycles. The second-order valence-corrected chi connectivity index (χ2v) is 5.73. The van der Waals surface area contributed by atoms with Crippen LogP contribution in [0, 0.1) is 0 Å². The van der Waals surface area contributed by atoms with E-state index in [1.54, 1.807) is 0 Å². The van der Waals surface area contributed by atoms with Crippen molar-refractivity contribution >= 4 is 21.8 Å². The van der Waals surface area contributed by atoms with Crippen LogP contribution >= 0.6 is 11.8 Å². The summed E-state index contributed by atoms with van der Waals surface area (Å²) < 4.78 is 24.3. The van der Waals surface area contributed by atoms with Crippen LogP contribution in [0.5, 0.6) is 0 Å². The standard InChI is InChI=1S/C8H11NO2S2/c1-9-13(10,11)7-12-8-5-3-2-4-6-8/h2-6,9H,7H2,1H3. The van der Waals surface area contributed by atoms with Crippen LogP contribution in [0.1, 0.15) is 0 Å². The summed E-state index contributed by atoms with van der Waals surface area (Å²) >= 11 is 1.30. The summed E-state index contributed by atoms with van der Waals surface area (Å²) in [5.41, 5.74) is 0. The first-order chi connectivity index (χ1) is 6.14. The molecule has 5 heteroatoms. The van der Waals surface area contributed by atoms with Gasteiger partial charge in [0.15, 0.2) is 0 Å². The molecule has 0 bridgehead atoms. The minimum absolute atomic E-state index is 0.0630. The third kappa shape index (κ3) is 3.80. The monoisotopic (exact) mass is 217 g/mol. The number of sulfonamides is 1. The van der Waals surface area contributed by atoms with E-state index in [9.17, 15) is 8.42 Å². The molecule has 0 aromatic heterocycles. The van der Waals surface area contributed by atoms with E-state index >= 15 is 0 Å². The number of hydrogen-bond acceptors (Lipinski definition) is 3. The molecule has 0 aliphatic rings. The molecule has 0 aliphatic carbocycles. The van der Waals surface area contributed by atoms with Crippen molar-refractivity contribution in [2.24, 2.45) is 0 Å². The molecule has 1 aromatic carbocycles. The molecule has 13 heavy (non-hydrogen) atoms. The highest BCUT2D eigenvalue weighted by molar-refractivity contribution is 8.11.